The number of fused-ring (bicyclic) bond motifs is 1. The van der Waals surface area contributed by atoms with Crippen LogP contribution < -0.4 is 5.32 Å². The van der Waals surface area contributed by atoms with E-state index >= 15 is 0 Å². The molecule has 1 aromatic heterocycles. The normalized spacial score (nSPS) is 16.2. The molecule has 4 rings (SSSR count). The van der Waals surface area contributed by atoms with Gasteiger partial charge in [-0.1, -0.05) is 61.2 Å². The van der Waals surface area contributed by atoms with Gasteiger partial charge in [0.05, 0.1) is 0 Å². The topological polar surface area (TPSA) is 44.9 Å². The number of nitrogens with one attached hydrogen (secondary N) is 2. The number of aromatic amines is 1. The molecule has 146 valence electrons. The summed E-state index contributed by atoms with van der Waals surface area (Å²) < 4.78 is 0. The molecule has 0 unspecified atom stereocenters. The van der Waals surface area contributed by atoms with Gasteiger partial charge in [-0.15, -0.1) is 0 Å². The van der Waals surface area contributed by atoms with Gasteiger partial charge in [-0.3, -0.25) is 4.79 Å². The summed E-state index contributed by atoms with van der Waals surface area (Å²) in [6.45, 7) is 0.580. The fourth-order valence-electron chi connectivity index (χ4n) is 4.56. The zero-order valence-corrected chi connectivity index (χ0v) is 16.8. The highest BCUT2D eigenvalue weighted by atomic mass is 35.5. The lowest BCUT2D eigenvalue weighted by Crippen LogP contribution is -2.27. The van der Waals surface area contributed by atoms with Crippen molar-refractivity contribution in [3.05, 3.63) is 70.9 Å². The molecule has 0 saturated heterocycles. The number of carbonyl (C=O) groups excluding carboxylic acids is 1. The molecule has 0 aliphatic heterocycles. The number of H-pyrrole nitrogens is 1. The van der Waals surface area contributed by atoms with Crippen LogP contribution in [0.3, 0.4) is 0 Å². The highest BCUT2D eigenvalue weighted by Crippen LogP contribution is 2.41. The Labute approximate surface area is 171 Å². The minimum atomic E-state index is 0.121. The zero-order chi connectivity index (χ0) is 19.3. The Kier molecular flexibility index (Phi) is 6.01. The molecule has 1 atom stereocenters. The van der Waals surface area contributed by atoms with Crippen LogP contribution in [0.4, 0.5) is 0 Å². The van der Waals surface area contributed by atoms with Gasteiger partial charge in [0.25, 0.3) is 0 Å². The summed E-state index contributed by atoms with van der Waals surface area (Å²) >= 11 is 6.27. The molecular weight excluding hydrogens is 368 g/mol. The molecular formula is C24H27ClN2O. The number of amides is 1. The Morgan fingerprint density at radius 3 is 2.68 bits per heavy atom. The number of carbonyl (C=O) groups is 1. The van der Waals surface area contributed by atoms with Gasteiger partial charge in [-0.2, -0.15) is 0 Å². The van der Waals surface area contributed by atoms with Gasteiger partial charge in [-0.05, 0) is 54.0 Å². The highest BCUT2D eigenvalue weighted by Gasteiger charge is 2.29. The first kappa shape index (κ1) is 19.1. The maximum atomic E-state index is 12.8. The fraction of sp³-hybridized carbons (Fsp3) is 0.375. The second-order valence-corrected chi connectivity index (χ2v) is 8.34. The number of hydrogen-bond donors (Lipinski definition) is 2. The summed E-state index contributed by atoms with van der Waals surface area (Å²) in [5.41, 5.74) is 3.45. The molecule has 4 heteroatoms. The number of halogens is 1. The first-order valence-corrected chi connectivity index (χ1v) is 10.7. The average Bonchev–Trinajstić information content (AvgIpc) is 3.14. The molecule has 1 fully saturated rings. The molecule has 1 amide bonds. The summed E-state index contributed by atoms with van der Waals surface area (Å²) in [4.78, 5) is 16.2. The quantitative estimate of drug-likeness (QED) is 0.514. The first-order valence-electron chi connectivity index (χ1n) is 10.3. The molecule has 3 nitrogen and oxygen atoms in total. The molecule has 0 radical (unpaired) electrons. The number of rotatable bonds is 6. The molecule has 28 heavy (non-hydrogen) atoms. The van der Waals surface area contributed by atoms with Crippen LogP contribution >= 0.6 is 11.6 Å². The lowest BCUT2D eigenvalue weighted by atomic mass is 9.75. The molecule has 1 aliphatic rings. The number of hydrogen-bond acceptors (Lipinski definition) is 1. The van der Waals surface area contributed by atoms with E-state index in [2.05, 4.69) is 16.5 Å². The van der Waals surface area contributed by atoms with Crippen molar-refractivity contribution in [2.45, 2.75) is 51.0 Å². The number of benzene rings is 2. The maximum Gasteiger partial charge on any atom is 0.220 e. The minimum absolute atomic E-state index is 0.121. The molecule has 0 spiro atoms. The molecule has 1 saturated carbocycles. The molecule has 0 bridgehead atoms. The molecule has 3 aromatic rings. The van der Waals surface area contributed by atoms with Crippen molar-refractivity contribution >= 4 is 28.4 Å². The fourth-order valence-corrected chi connectivity index (χ4v) is 4.73. The number of aromatic nitrogens is 1. The Morgan fingerprint density at radius 2 is 1.89 bits per heavy atom. The third kappa shape index (κ3) is 4.41. The van der Waals surface area contributed by atoms with Crippen molar-refractivity contribution in [1.29, 1.82) is 0 Å². The first-order chi connectivity index (χ1) is 13.7. The van der Waals surface area contributed by atoms with E-state index in [1.807, 2.05) is 48.5 Å². The van der Waals surface area contributed by atoms with Crippen molar-refractivity contribution in [3.8, 4) is 0 Å². The van der Waals surface area contributed by atoms with Crippen LogP contribution in [-0.4, -0.2) is 10.9 Å². The maximum absolute atomic E-state index is 12.8. The van der Waals surface area contributed by atoms with Crippen LogP contribution in [0.15, 0.2) is 54.7 Å². The molecule has 1 heterocycles. The summed E-state index contributed by atoms with van der Waals surface area (Å²) in [6, 6.07) is 16.0. The predicted molar refractivity (Wildman–Crippen MR) is 116 cm³/mol. The van der Waals surface area contributed by atoms with Crippen LogP contribution in [0.2, 0.25) is 5.02 Å². The largest absolute Gasteiger partial charge is 0.361 e. The van der Waals surface area contributed by atoms with Crippen LogP contribution in [0, 0.1) is 5.92 Å². The van der Waals surface area contributed by atoms with E-state index < -0.39 is 0 Å². The van der Waals surface area contributed by atoms with Gasteiger partial charge in [0.1, 0.15) is 0 Å². The van der Waals surface area contributed by atoms with E-state index in [-0.39, 0.29) is 11.8 Å². The monoisotopic (exact) mass is 394 g/mol. The van der Waals surface area contributed by atoms with Crippen LogP contribution in [0.5, 0.6) is 0 Å². The minimum Gasteiger partial charge on any atom is -0.361 e. The lowest BCUT2D eigenvalue weighted by molar-refractivity contribution is -0.122. The van der Waals surface area contributed by atoms with Crippen LogP contribution in [0.1, 0.15) is 55.6 Å². The smallest absolute Gasteiger partial charge is 0.220 e. The molecule has 1 aliphatic carbocycles. The highest BCUT2D eigenvalue weighted by molar-refractivity contribution is 6.31. The predicted octanol–water partition coefficient (Wildman–Crippen LogP) is 6.19. The van der Waals surface area contributed by atoms with Crippen molar-refractivity contribution < 1.29 is 4.79 Å². The SMILES string of the molecule is O=C(C[C@@H](c1c[nH]c2ccc(Cl)cc12)C1CCCCC1)NCc1ccccc1. The van der Waals surface area contributed by atoms with Crippen LogP contribution in [-0.2, 0) is 11.3 Å². The summed E-state index contributed by atoms with van der Waals surface area (Å²) in [6.07, 6.45) is 8.84. The van der Waals surface area contributed by atoms with E-state index in [4.69, 9.17) is 11.6 Å². The second kappa shape index (κ2) is 8.83. The van der Waals surface area contributed by atoms with E-state index in [1.165, 1.54) is 37.7 Å². The Balaban J connectivity index is 1.54. The second-order valence-electron chi connectivity index (χ2n) is 7.90. The Bertz CT molecular complexity index is 928. The van der Waals surface area contributed by atoms with E-state index in [9.17, 15) is 4.79 Å². The van der Waals surface area contributed by atoms with Gasteiger partial charge in [0.15, 0.2) is 0 Å². The third-order valence-corrected chi connectivity index (χ3v) is 6.27. The van der Waals surface area contributed by atoms with Crippen molar-refractivity contribution in [2.75, 3.05) is 0 Å². The van der Waals surface area contributed by atoms with E-state index in [1.54, 1.807) is 0 Å². The average molecular weight is 395 g/mol. The molecule has 2 aromatic carbocycles. The van der Waals surface area contributed by atoms with Gasteiger partial charge < -0.3 is 10.3 Å². The summed E-state index contributed by atoms with van der Waals surface area (Å²) in [5, 5.41) is 5.01. The van der Waals surface area contributed by atoms with Gasteiger partial charge in [0.2, 0.25) is 5.91 Å². The lowest BCUT2D eigenvalue weighted by Gasteiger charge is -2.30. The van der Waals surface area contributed by atoms with Gasteiger partial charge in [0, 0.05) is 35.1 Å². The Morgan fingerprint density at radius 1 is 1.11 bits per heavy atom. The Hall–Kier alpha value is -2.26. The molecule has 2 N–H and O–H groups in total. The van der Waals surface area contributed by atoms with Crippen molar-refractivity contribution in [2.24, 2.45) is 5.92 Å². The van der Waals surface area contributed by atoms with Crippen molar-refractivity contribution in [1.82, 2.24) is 10.3 Å². The third-order valence-electron chi connectivity index (χ3n) is 6.03. The van der Waals surface area contributed by atoms with Gasteiger partial charge >= 0.3 is 0 Å². The summed E-state index contributed by atoms with van der Waals surface area (Å²) in [7, 11) is 0. The summed E-state index contributed by atoms with van der Waals surface area (Å²) in [5.74, 6) is 0.897. The zero-order valence-electron chi connectivity index (χ0n) is 16.1. The van der Waals surface area contributed by atoms with Gasteiger partial charge in [-0.25, -0.2) is 0 Å². The standard InChI is InChI=1S/C24H27ClN2O/c25-19-11-12-23-21(13-19)22(16-26-23)20(18-9-5-2-6-10-18)14-24(28)27-15-17-7-3-1-4-8-17/h1,3-4,7-8,11-13,16,18,20,26H,2,5-6,9-10,14-15H2,(H,27,28)/t20-/m1/s1. The van der Waals surface area contributed by atoms with Crippen LogP contribution in [0.25, 0.3) is 10.9 Å². The van der Waals surface area contributed by atoms with E-state index in [0.29, 0.717) is 18.9 Å². The van der Waals surface area contributed by atoms with Crippen molar-refractivity contribution in [3.63, 3.8) is 0 Å². The van der Waals surface area contributed by atoms with E-state index in [0.717, 1.165) is 21.5 Å².